The number of rotatable bonds is 0. The third kappa shape index (κ3) is 1.09. The maximum Gasteiger partial charge on any atom is 0.237 e. The normalized spacial score (nSPS) is 11.0. The van der Waals surface area contributed by atoms with E-state index in [1.54, 1.807) is 0 Å². The molecule has 0 atom stereocenters. The Bertz CT molecular complexity index is 480. The van der Waals surface area contributed by atoms with Gasteiger partial charge >= 0.3 is 0 Å². The van der Waals surface area contributed by atoms with Gasteiger partial charge in [-0.15, -0.1) is 0 Å². The molecule has 3 nitrogen and oxygen atoms in total. The van der Waals surface area contributed by atoms with Crippen LogP contribution in [0, 0.1) is 11.8 Å². The van der Waals surface area contributed by atoms with E-state index in [2.05, 4.69) is 20.9 Å². The zero-order valence-electron chi connectivity index (χ0n) is 6.26. The number of pyridine rings is 1. The molecule has 6 heteroatoms. The van der Waals surface area contributed by atoms with Crippen LogP contribution < -0.4 is 5.73 Å². The Kier molecular flexibility index (Phi) is 1.73. The van der Waals surface area contributed by atoms with Crippen molar-refractivity contribution >= 4 is 27.4 Å². The highest BCUT2D eigenvalue weighted by Crippen LogP contribution is 2.22. The first-order chi connectivity index (χ1) is 6.11. The molecule has 13 heavy (non-hydrogen) atoms. The Hall–Kier alpha value is -1.17. The molecule has 0 bridgehead atoms. The minimum absolute atomic E-state index is 0.0627. The summed E-state index contributed by atoms with van der Waals surface area (Å²) < 4.78 is 27.2. The summed E-state index contributed by atoms with van der Waals surface area (Å²) in [6.07, 6.45) is 1.27. The largest absolute Gasteiger partial charge is 0.383 e. The van der Waals surface area contributed by atoms with Gasteiger partial charge in [-0.1, -0.05) is 0 Å². The molecule has 0 saturated carbocycles. The maximum absolute atomic E-state index is 13.1. The van der Waals surface area contributed by atoms with Crippen molar-refractivity contribution in [2.75, 3.05) is 5.73 Å². The summed E-state index contributed by atoms with van der Waals surface area (Å²) >= 11 is 3.05. The molecule has 2 aromatic rings. The van der Waals surface area contributed by atoms with Gasteiger partial charge in [0.15, 0.2) is 11.5 Å². The van der Waals surface area contributed by atoms with Gasteiger partial charge in [0.05, 0.1) is 10.7 Å². The van der Waals surface area contributed by atoms with Crippen molar-refractivity contribution in [1.82, 2.24) is 9.38 Å². The van der Waals surface area contributed by atoms with Gasteiger partial charge in [-0.05, 0) is 22.0 Å². The molecule has 0 radical (unpaired) electrons. The van der Waals surface area contributed by atoms with Crippen LogP contribution in [-0.4, -0.2) is 9.38 Å². The number of anilines is 1. The van der Waals surface area contributed by atoms with Crippen LogP contribution in [0.5, 0.6) is 0 Å². The Labute approximate surface area is 80.3 Å². The number of hydrogen-bond acceptors (Lipinski definition) is 2. The quantitative estimate of drug-likeness (QED) is 0.724. The average molecular weight is 248 g/mol. The zero-order valence-corrected chi connectivity index (χ0v) is 7.85. The predicted octanol–water partition coefficient (Wildman–Crippen LogP) is 1.96. The molecule has 2 N–H and O–H groups in total. The lowest BCUT2D eigenvalue weighted by atomic mass is 10.4. The lowest BCUT2D eigenvalue weighted by molar-refractivity contribution is 0.470. The van der Waals surface area contributed by atoms with Crippen LogP contribution in [0.1, 0.15) is 0 Å². The Morgan fingerprint density at radius 1 is 1.46 bits per heavy atom. The summed E-state index contributed by atoms with van der Waals surface area (Å²) in [5.41, 5.74) is 5.65. The molecule has 2 aromatic heterocycles. The summed E-state index contributed by atoms with van der Waals surface area (Å²) in [7, 11) is 0. The van der Waals surface area contributed by atoms with Crippen LogP contribution in [-0.2, 0) is 0 Å². The topological polar surface area (TPSA) is 43.3 Å². The summed E-state index contributed by atoms with van der Waals surface area (Å²) in [6.45, 7) is 0. The van der Waals surface area contributed by atoms with Crippen LogP contribution in [0.25, 0.3) is 5.65 Å². The molecule has 0 unspecified atom stereocenters. The molecule has 0 amide bonds. The number of nitrogen functional groups attached to an aromatic ring is 1. The van der Waals surface area contributed by atoms with Crippen molar-refractivity contribution in [3.05, 3.63) is 28.5 Å². The number of imidazole rings is 1. The van der Waals surface area contributed by atoms with Crippen LogP contribution in [0.2, 0.25) is 0 Å². The Morgan fingerprint density at radius 2 is 2.15 bits per heavy atom. The third-order valence-electron chi connectivity index (χ3n) is 1.65. The molecule has 0 aliphatic heterocycles. The molecule has 0 aromatic carbocycles. The smallest absolute Gasteiger partial charge is 0.237 e. The first-order valence-corrected chi connectivity index (χ1v) is 4.17. The molecule has 0 saturated heterocycles. The van der Waals surface area contributed by atoms with Crippen molar-refractivity contribution < 1.29 is 8.78 Å². The number of hydrogen-bond donors (Lipinski definition) is 1. The highest BCUT2D eigenvalue weighted by molar-refractivity contribution is 9.10. The summed E-state index contributed by atoms with van der Waals surface area (Å²) in [5.74, 6) is -1.94. The number of fused-ring (bicyclic) bond motifs is 1. The van der Waals surface area contributed by atoms with E-state index in [0.29, 0.717) is 4.47 Å². The number of nitrogens with zero attached hydrogens (tertiary/aromatic N) is 2. The molecule has 0 spiro atoms. The summed E-state index contributed by atoms with van der Waals surface area (Å²) in [5, 5.41) is 0. The van der Waals surface area contributed by atoms with E-state index in [-0.39, 0.29) is 11.5 Å². The average Bonchev–Trinajstić information content (AvgIpc) is 2.44. The highest BCUT2D eigenvalue weighted by atomic mass is 79.9. The van der Waals surface area contributed by atoms with Gasteiger partial charge in [0.2, 0.25) is 5.95 Å². The van der Waals surface area contributed by atoms with Gasteiger partial charge in [0, 0.05) is 0 Å². The minimum Gasteiger partial charge on any atom is -0.383 e. The van der Waals surface area contributed by atoms with Crippen LogP contribution in [0.15, 0.2) is 16.7 Å². The van der Waals surface area contributed by atoms with Gasteiger partial charge in [-0.2, -0.15) is 4.39 Å². The molecule has 0 fully saturated rings. The standard InChI is InChI=1S/C7H4BrF2N3/c8-3-1-4(9)6(10)13-5(11)2-12-7(3)13/h1-2H,11H2. The van der Waals surface area contributed by atoms with E-state index < -0.39 is 11.8 Å². The minimum atomic E-state index is -1.03. The molecule has 0 aliphatic carbocycles. The fraction of sp³-hybridized carbons (Fsp3) is 0. The number of nitrogens with two attached hydrogens (primary N) is 1. The zero-order chi connectivity index (χ0) is 9.59. The first-order valence-electron chi connectivity index (χ1n) is 3.37. The van der Waals surface area contributed by atoms with E-state index in [0.717, 1.165) is 10.5 Å². The second-order valence-corrected chi connectivity index (χ2v) is 3.33. The van der Waals surface area contributed by atoms with Crippen molar-refractivity contribution in [1.29, 1.82) is 0 Å². The van der Waals surface area contributed by atoms with Gasteiger partial charge in [-0.25, -0.2) is 9.37 Å². The van der Waals surface area contributed by atoms with E-state index in [1.165, 1.54) is 6.20 Å². The van der Waals surface area contributed by atoms with Crippen molar-refractivity contribution in [2.45, 2.75) is 0 Å². The first kappa shape index (κ1) is 8.43. The molecule has 68 valence electrons. The molecular weight excluding hydrogens is 244 g/mol. The Morgan fingerprint density at radius 3 is 2.85 bits per heavy atom. The summed E-state index contributed by atoms with van der Waals surface area (Å²) in [6, 6.07) is 1.01. The monoisotopic (exact) mass is 247 g/mol. The second-order valence-electron chi connectivity index (χ2n) is 2.47. The van der Waals surface area contributed by atoms with Gasteiger partial charge in [0.25, 0.3) is 0 Å². The maximum atomic E-state index is 13.1. The third-order valence-corrected chi connectivity index (χ3v) is 2.23. The molecule has 0 aliphatic rings. The van der Waals surface area contributed by atoms with Crippen molar-refractivity contribution in [3.63, 3.8) is 0 Å². The highest BCUT2D eigenvalue weighted by Gasteiger charge is 2.13. The Balaban J connectivity index is 3.00. The van der Waals surface area contributed by atoms with E-state index in [4.69, 9.17) is 5.73 Å². The van der Waals surface area contributed by atoms with Crippen LogP contribution >= 0.6 is 15.9 Å². The van der Waals surface area contributed by atoms with Crippen molar-refractivity contribution in [3.8, 4) is 0 Å². The predicted molar refractivity (Wildman–Crippen MR) is 47.2 cm³/mol. The summed E-state index contributed by atoms with van der Waals surface area (Å²) in [4.78, 5) is 3.80. The molecule has 2 heterocycles. The SMILES string of the molecule is Nc1cnc2c(Br)cc(F)c(F)n12. The number of aromatic nitrogens is 2. The van der Waals surface area contributed by atoms with Gasteiger partial charge in [0.1, 0.15) is 5.82 Å². The van der Waals surface area contributed by atoms with E-state index in [1.807, 2.05) is 0 Å². The molecule has 2 rings (SSSR count). The lowest BCUT2D eigenvalue weighted by Crippen LogP contribution is -2.01. The van der Waals surface area contributed by atoms with Crippen LogP contribution in [0.3, 0.4) is 0 Å². The fourth-order valence-corrected chi connectivity index (χ4v) is 1.56. The van der Waals surface area contributed by atoms with E-state index >= 15 is 0 Å². The van der Waals surface area contributed by atoms with E-state index in [9.17, 15) is 8.78 Å². The number of halogens is 3. The molecular formula is C7H4BrF2N3. The fourth-order valence-electron chi connectivity index (χ4n) is 1.08. The van der Waals surface area contributed by atoms with Gasteiger partial charge in [-0.3, -0.25) is 4.40 Å². The van der Waals surface area contributed by atoms with Crippen molar-refractivity contribution in [2.24, 2.45) is 0 Å². The van der Waals surface area contributed by atoms with Gasteiger partial charge < -0.3 is 5.73 Å². The second kappa shape index (κ2) is 2.66. The van der Waals surface area contributed by atoms with Crippen LogP contribution in [0.4, 0.5) is 14.6 Å². The lowest BCUT2D eigenvalue weighted by Gasteiger charge is -2.01.